The summed E-state index contributed by atoms with van der Waals surface area (Å²) in [6.45, 7) is 6.49. The van der Waals surface area contributed by atoms with Gasteiger partial charge in [0.05, 0.1) is 12.7 Å². The summed E-state index contributed by atoms with van der Waals surface area (Å²) in [6, 6.07) is 0. The third-order valence-electron chi connectivity index (χ3n) is 2.24. The third kappa shape index (κ3) is 3.52. The van der Waals surface area contributed by atoms with E-state index in [-0.39, 0.29) is 6.10 Å². The van der Waals surface area contributed by atoms with E-state index in [0.717, 1.165) is 45.7 Å². The van der Waals surface area contributed by atoms with Crippen LogP contribution in [-0.4, -0.2) is 49.0 Å². The maximum Gasteiger partial charge on any atom is 0.0667 e. The number of ether oxygens (including phenoxy) is 1. The molecule has 1 rings (SSSR count). The Balaban J connectivity index is 2.06. The van der Waals surface area contributed by atoms with Gasteiger partial charge in [0, 0.05) is 19.7 Å². The maximum atomic E-state index is 9.35. The predicted molar refractivity (Wildman–Crippen MR) is 48.2 cm³/mol. The molecule has 1 aliphatic heterocycles. The van der Waals surface area contributed by atoms with Crippen molar-refractivity contribution in [3.8, 4) is 0 Å². The Morgan fingerprint density at radius 3 is 3.08 bits per heavy atom. The van der Waals surface area contributed by atoms with E-state index < -0.39 is 0 Å². The van der Waals surface area contributed by atoms with Gasteiger partial charge in [-0.05, 0) is 26.3 Å². The standard InChI is InChI=1S/C9H19NO2/c1-2-12-7-6-10-5-3-4-9(11)8-10/h9,11H,2-8H2,1H3/t9-/m0/s1. The van der Waals surface area contributed by atoms with Crippen LogP contribution in [0.25, 0.3) is 0 Å². The molecule has 0 aromatic carbocycles. The Bertz CT molecular complexity index is 119. The number of piperidine rings is 1. The molecule has 0 aliphatic carbocycles. The molecule has 12 heavy (non-hydrogen) atoms. The quantitative estimate of drug-likeness (QED) is 0.628. The lowest BCUT2D eigenvalue weighted by molar-refractivity contribution is 0.0475. The lowest BCUT2D eigenvalue weighted by atomic mass is 10.1. The Hall–Kier alpha value is -0.120. The van der Waals surface area contributed by atoms with E-state index in [9.17, 15) is 5.11 Å². The number of aliphatic hydroxyl groups excluding tert-OH is 1. The first-order valence-corrected chi connectivity index (χ1v) is 4.81. The first-order chi connectivity index (χ1) is 5.83. The van der Waals surface area contributed by atoms with E-state index in [1.54, 1.807) is 0 Å². The second-order valence-electron chi connectivity index (χ2n) is 3.29. The van der Waals surface area contributed by atoms with Crippen LogP contribution in [0.1, 0.15) is 19.8 Å². The first kappa shape index (κ1) is 9.96. The van der Waals surface area contributed by atoms with E-state index in [0.29, 0.717) is 0 Å². The van der Waals surface area contributed by atoms with Gasteiger partial charge >= 0.3 is 0 Å². The first-order valence-electron chi connectivity index (χ1n) is 4.81. The number of hydrogen-bond acceptors (Lipinski definition) is 3. The van der Waals surface area contributed by atoms with E-state index in [4.69, 9.17) is 4.74 Å². The van der Waals surface area contributed by atoms with Crippen LogP contribution in [0.5, 0.6) is 0 Å². The van der Waals surface area contributed by atoms with Crippen molar-refractivity contribution in [2.75, 3.05) is 32.8 Å². The normalized spacial score (nSPS) is 26.0. The van der Waals surface area contributed by atoms with Crippen LogP contribution >= 0.6 is 0 Å². The molecule has 0 radical (unpaired) electrons. The number of aliphatic hydroxyl groups is 1. The average molecular weight is 173 g/mol. The minimum absolute atomic E-state index is 0.111. The molecule has 1 aliphatic rings. The molecule has 0 bridgehead atoms. The smallest absolute Gasteiger partial charge is 0.0667 e. The largest absolute Gasteiger partial charge is 0.392 e. The van der Waals surface area contributed by atoms with Crippen LogP contribution < -0.4 is 0 Å². The van der Waals surface area contributed by atoms with Crippen LogP contribution in [0.4, 0.5) is 0 Å². The summed E-state index contributed by atoms with van der Waals surface area (Å²) < 4.78 is 5.25. The number of rotatable bonds is 4. The van der Waals surface area contributed by atoms with Gasteiger partial charge in [0.2, 0.25) is 0 Å². The summed E-state index contributed by atoms with van der Waals surface area (Å²) >= 11 is 0. The second-order valence-corrected chi connectivity index (χ2v) is 3.29. The minimum atomic E-state index is -0.111. The van der Waals surface area contributed by atoms with Crippen molar-refractivity contribution in [2.24, 2.45) is 0 Å². The molecular weight excluding hydrogens is 154 g/mol. The summed E-state index contributed by atoms with van der Waals surface area (Å²) in [5, 5.41) is 9.35. The van der Waals surface area contributed by atoms with Crippen molar-refractivity contribution in [1.82, 2.24) is 4.90 Å². The fraction of sp³-hybridized carbons (Fsp3) is 1.00. The van der Waals surface area contributed by atoms with Crippen LogP contribution in [0.3, 0.4) is 0 Å². The zero-order chi connectivity index (χ0) is 8.81. The number of β-amino-alcohol motifs (C(OH)–C–C–N with tert-alkyl or cyclic N) is 1. The van der Waals surface area contributed by atoms with Gasteiger partial charge in [-0.25, -0.2) is 0 Å². The van der Waals surface area contributed by atoms with Crippen LogP contribution in [0, 0.1) is 0 Å². The van der Waals surface area contributed by atoms with Crippen molar-refractivity contribution in [3.05, 3.63) is 0 Å². The summed E-state index contributed by atoms with van der Waals surface area (Å²) in [7, 11) is 0. The van der Waals surface area contributed by atoms with Crippen molar-refractivity contribution in [1.29, 1.82) is 0 Å². The van der Waals surface area contributed by atoms with Gasteiger partial charge in [0.1, 0.15) is 0 Å². The zero-order valence-electron chi connectivity index (χ0n) is 7.83. The van der Waals surface area contributed by atoms with E-state index >= 15 is 0 Å². The lowest BCUT2D eigenvalue weighted by Gasteiger charge is -2.29. The molecule has 0 spiro atoms. The molecule has 1 N–H and O–H groups in total. The molecule has 0 saturated carbocycles. The Morgan fingerprint density at radius 1 is 1.58 bits per heavy atom. The molecule has 0 unspecified atom stereocenters. The van der Waals surface area contributed by atoms with Gasteiger partial charge in [0.25, 0.3) is 0 Å². The molecule has 3 nitrogen and oxygen atoms in total. The molecule has 0 amide bonds. The molecular formula is C9H19NO2. The number of nitrogens with zero attached hydrogens (tertiary/aromatic N) is 1. The molecule has 3 heteroatoms. The molecule has 72 valence electrons. The van der Waals surface area contributed by atoms with E-state index in [2.05, 4.69) is 4.90 Å². The SMILES string of the molecule is CCOCCN1CCC[C@H](O)C1. The number of likely N-dealkylation sites (tertiary alicyclic amines) is 1. The molecule has 0 aromatic rings. The molecule has 1 saturated heterocycles. The predicted octanol–water partition coefficient (Wildman–Crippen LogP) is 0.480. The Kier molecular flexibility index (Phi) is 4.58. The van der Waals surface area contributed by atoms with Crippen LogP contribution in [0.2, 0.25) is 0 Å². The fourth-order valence-corrected chi connectivity index (χ4v) is 1.57. The van der Waals surface area contributed by atoms with Gasteiger partial charge in [0.15, 0.2) is 0 Å². The topological polar surface area (TPSA) is 32.7 Å². The van der Waals surface area contributed by atoms with Gasteiger partial charge in [-0.1, -0.05) is 0 Å². The van der Waals surface area contributed by atoms with Gasteiger partial charge in [-0.15, -0.1) is 0 Å². The highest BCUT2D eigenvalue weighted by molar-refractivity contribution is 4.71. The summed E-state index contributed by atoms with van der Waals surface area (Å²) in [6.07, 6.45) is 1.97. The molecule has 1 atom stereocenters. The highest BCUT2D eigenvalue weighted by Crippen LogP contribution is 2.08. The highest BCUT2D eigenvalue weighted by atomic mass is 16.5. The second kappa shape index (κ2) is 5.51. The lowest BCUT2D eigenvalue weighted by Crippen LogP contribution is -2.39. The van der Waals surface area contributed by atoms with Crippen molar-refractivity contribution >= 4 is 0 Å². The van der Waals surface area contributed by atoms with Crippen molar-refractivity contribution in [2.45, 2.75) is 25.9 Å². The summed E-state index contributed by atoms with van der Waals surface area (Å²) in [5.41, 5.74) is 0. The summed E-state index contributed by atoms with van der Waals surface area (Å²) in [5.74, 6) is 0. The van der Waals surface area contributed by atoms with Crippen LogP contribution in [0.15, 0.2) is 0 Å². The van der Waals surface area contributed by atoms with Gasteiger partial charge in [-0.2, -0.15) is 0 Å². The average Bonchev–Trinajstić information content (AvgIpc) is 2.05. The summed E-state index contributed by atoms with van der Waals surface area (Å²) in [4.78, 5) is 2.27. The Morgan fingerprint density at radius 2 is 2.42 bits per heavy atom. The molecule has 0 aromatic heterocycles. The zero-order valence-corrected chi connectivity index (χ0v) is 7.83. The van der Waals surface area contributed by atoms with Crippen molar-refractivity contribution < 1.29 is 9.84 Å². The van der Waals surface area contributed by atoms with Crippen molar-refractivity contribution in [3.63, 3.8) is 0 Å². The molecule has 1 heterocycles. The monoisotopic (exact) mass is 173 g/mol. The van der Waals surface area contributed by atoms with E-state index in [1.165, 1.54) is 0 Å². The number of hydrogen-bond donors (Lipinski definition) is 1. The van der Waals surface area contributed by atoms with Crippen LogP contribution in [-0.2, 0) is 4.74 Å². The molecule has 1 fully saturated rings. The minimum Gasteiger partial charge on any atom is -0.392 e. The third-order valence-corrected chi connectivity index (χ3v) is 2.24. The van der Waals surface area contributed by atoms with Gasteiger partial charge in [-0.3, -0.25) is 4.90 Å². The Labute approximate surface area is 74.3 Å². The maximum absolute atomic E-state index is 9.35. The fourth-order valence-electron chi connectivity index (χ4n) is 1.57. The van der Waals surface area contributed by atoms with Gasteiger partial charge < -0.3 is 9.84 Å². The highest BCUT2D eigenvalue weighted by Gasteiger charge is 2.16. The van der Waals surface area contributed by atoms with E-state index in [1.807, 2.05) is 6.92 Å².